The standard InChI is InChI=1S/C9H13NO/c1-3-9(5-4-6-11)8(2)7-10/h6H,3-5H2,1-2H3/b9-8-. The molecule has 0 aliphatic carbocycles. The van der Waals surface area contributed by atoms with E-state index in [4.69, 9.17) is 5.26 Å². The van der Waals surface area contributed by atoms with Crippen molar-refractivity contribution in [2.45, 2.75) is 33.1 Å². The average Bonchev–Trinajstić information content (AvgIpc) is 2.05. The molecule has 0 aromatic heterocycles. The van der Waals surface area contributed by atoms with E-state index in [-0.39, 0.29) is 0 Å². The lowest BCUT2D eigenvalue weighted by Gasteiger charge is -2.01. The van der Waals surface area contributed by atoms with Gasteiger partial charge in [0, 0.05) is 12.0 Å². The number of nitrogens with zero attached hydrogens (tertiary/aromatic N) is 1. The van der Waals surface area contributed by atoms with Gasteiger partial charge < -0.3 is 4.79 Å². The first-order chi connectivity index (χ1) is 5.26. The maximum Gasteiger partial charge on any atom is 0.120 e. The minimum atomic E-state index is 0.530. The molecule has 0 aliphatic heterocycles. The quantitative estimate of drug-likeness (QED) is 0.456. The van der Waals surface area contributed by atoms with E-state index in [2.05, 4.69) is 6.07 Å². The molecule has 0 heterocycles. The zero-order valence-electron chi connectivity index (χ0n) is 7.05. The summed E-state index contributed by atoms with van der Waals surface area (Å²) < 4.78 is 0. The van der Waals surface area contributed by atoms with E-state index in [9.17, 15) is 4.79 Å². The minimum absolute atomic E-state index is 0.530. The second kappa shape index (κ2) is 5.67. The number of nitriles is 1. The topological polar surface area (TPSA) is 40.9 Å². The highest BCUT2D eigenvalue weighted by atomic mass is 16.1. The molecule has 0 saturated carbocycles. The van der Waals surface area contributed by atoms with Gasteiger partial charge in [-0.15, -0.1) is 0 Å². The molecule has 0 saturated heterocycles. The number of rotatable bonds is 4. The maximum atomic E-state index is 10.0. The highest BCUT2D eigenvalue weighted by Gasteiger charge is 1.98. The van der Waals surface area contributed by atoms with Gasteiger partial charge in [0.1, 0.15) is 6.29 Å². The van der Waals surface area contributed by atoms with Crippen LogP contribution in [0.5, 0.6) is 0 Å². The summed E-state index contributed by atoms with van der Waals surface area (Å²) in [6.07, 6.45) is 3.02. The summed E-state index contributed by atoms with van der Waals surface area (Å²) in [5.74, 6) is 0. The molecule has 2 nitrogen and oxygen atoms in total. The van der Waals surface area contributed by atoms with Gasteiger partial charge in [0.25, 0.3) is 0 Å². The van der Waals surface area contributed by atoms with Crippen molar-refractivity contribution in [3.8, 4) is 6.07 Å². The van der Waals surface area contributed by atoms with Gasteiger partial charge in [-0.3, -0.25) is 0 Å². The minimum Gasteiger partial charge on any atom is -0.303 e. The molecular formula is C9H13NO. The van der Waals surface area contributed by atoms with Crippen LogP contribution in [0.1, 0.15) is 33.1 Å². The Balaban J connectivity index is 4.17. The molecule has 0 atom stereocenters. The SMILES string of the molecule is CC/C(CCC=O)=C(\C)C#N. The van der Waals surface area contributed by atoms with E-state index >= 15 is 0 Å². The summed E-state index contributed by atoms with van der Waals surface area (Å²) in [4.78, 5) is 10.0. The van der Waals surface area contributed by atoms with Crippen LogP contribution >= 0.6 is 0 Å². The summed E-state index contributed by atoms with van der Waals surface area (Å²) in [6, 6.07) is 2.09. The Morgan fingerprint density at radius 3 is 2.64 bits per heavy atom. The van der Waals surface area contributed by atoms with E-state index in [0.717, 1.165) is 30.3 Å². The molecule has 0 radical (unpaired) electrons. The molecule has 0 aromatic carbocycles. The smallest absolute Gasteiger partial charge is 0.120 e. The number of hydrogen-bond donors (Lipinski definition) is 0. The predicted molar refractivity (Wildman–Crippen MR) is 43.9 cm³/mol. The predicted octanol–water partition coefficient (Wildman–Crippen LogP) is 2.22. The Labute approximate surface area is 67.5 Å². The van der Waals surface area contributed by atoms with Crippen LogP contribution in [0.25, 0.3) is 0 Å². The number of aldehydes is 1. The van der Waals surface area contributed by atoms with Gasteiger partial charge in [0.05, 0.1) is 6.07 Å². The molecular weight excluding hydrogens is 138 g/mol. The first kappa shape index (κ1) is 9.90. The van der Waals surface area contributed by atoms with Crippen LogP contribution in [-0.2, 0) is 4.79 Å². The van der Waals surface area contributed by atoms with E-state index < -0.39 is 0 Å². The zero-order valence-corrected chi connectivity index (χ0v) is 7.05. The highest BCUT2D eigenvalue weighted by Crippen LogP contribution is 2.13. The molecule has 0 fully saturated rings. The van der Waals surface area contributed by atoms with Gasteiger partial charge in [-0.25, -0.2) is 0 Å². The van der Waals surface area contributed by atoms with Crippen LogP contribution in [0.15, 0.2) is 11.1 Å². The second-order valence-corrected chi connectivity index (χ2v) is 2.40. The number of allylic oxidation sites excluding steroid dienone is 2. The van der Waals surface area contributed by atoms with Crippen molar-refractivity contribution >= 4 is 6.29 Å². The normalized spacial score (nSPS) is 11.7. The molecule has 11 heavy (non-hydrogen) atoms. The Morgan fingerprint density at radius 1 is 1.64 bits per heavy atom. The monoisotopic (exact) mass is 151 g/mol. The molecule has 0 aromatic rings. The van der Waals surface area contributed by atoms with Gasteiger partial charge in [-0.2, -0.15) is 5.26 Å². The second-order valence-electron chi connectivity index (χ2n) is 2.40. The van der Waals surface area contributed by atoms with Crippen molar-refractivity contribution in [1.82, 2.24) is 0 Å². The fraction of sp³-hybridized carbons (Fsp3) is 0.556. The summed E-state index contributed by atoms with van der Waals surface area (Å²) in [7, 11) is 0. The third-order valence-corrected chi connectivity index (χ3v) is 1.69. The van der Waals surface area contributed by atoms with Gasteiger partial charge >= 0.3 is 0 Å². The van der Waals surface area contributed by atoms with E-state index in [1.54, 1.807) is 6.92 Å². The van der Waals surface area contributed by atoms with Gasteiger partial charge in [-0.05, 0) is 19.8 Å². The van der Waals surface area contributed by atoms with Gasteiger partial charge in [0.2, 0.25) is 0 Å². The van der Waals surface area contributed by atoms with Crippen LogP contribution in [0.2, 0.25) is 0 Å². The van der Waals surface area contributed by atoms with Crippen molar-refractivity contribution in [3.63, 3.8) is 0 Å². The Hall–Kier alpha value is -1.10. The van der Waals surface area contributed by atoms with Crippen molar-refractivity contribution in [2.75, 3.05) is 0 Å². The number of hydrogen-bond acceptors (Lipinski definition) is 2. The molecule has 0 N–H and O–H groups in total. The van der Waals surface area contributed by atoms with Crippen molar-refractivity contribution < 1.29 is 4.79 Å². The fourth-order valence-corrected chi connectivity index (χ4v) is 0.942. The van der Waals surface area contributed by atoms with Crippen molar-refractivity contribution in [3.05, 3.63) is 11.1 Å². The molecule has 0 aliphatic rings. The van der Waals surface area contributed by atoms with Crippen LogP contribution in [0, 0.1) is 11.3 Å². The summed E-state index contributed by atoms with van der Waals surface area (Å²) in [5, 5.41) is 8.54. The molecule has 0 rings (SSSR count). The number of carbonyl (C=O) groups excluding carboxylic acids is 1. The molecule has 60 valence electrons. The van der Waals surface area contributed by atoms with E-state index in [1.165, 1.54) is 0 Å². The van der Waals surface area contributed by atoms with Crippen LogP contribution in [0.3, 0.4) is 0 Å². The van der Waals surface area contributed by atoms with Crippen LogP contribution < -0.4 is 0 Å². The molecule has 0 amide bonds. The maximum absolute atomic E-state index is 10.0. The van der Waals surface area contributed by atoms with Crippen molar-refractivity contribution in [2.24, 2.45) is 0 Å². The molecule has 0 bridgehead atoms. The Morgan fingerprint density at radius 2 is 2.27 bits per heavy atom. The van der Waals surface area contributed by atoms with Gasteiger partial charge in [-0.1, -0.05) is 12.5 Å². The van der Waals surface area contributed by atoms with E-state index in [0.29, 0.717) is 6.42 Å². The third-order valence-electron chi connectivity index (χ3n) is 1.69. The first-order valence-corrected chi connectivity index (χ1v) is 3.78. The lowest BCUT2D eigenvalue weighted by Crippen LogP contribution is -1.87. The third kappa shape index (κ3) is 3.57. The molecule has 0 spiro atoms. The molecule has 2 heteroatoms. The number of carbonyl (C=O) groups is 1. The van der Waals surface area contributed by atoms with E-state index in [1.807, 2.05) is 6.92 Å². The summed E-state index contributed by atoms with van der Waals surface area (Å²) >= 11 is 0. The van der Waals surface area contributed by atoms with Crippen LogP contribution in [-0.4, -0.2) is 6.29 Å². The summed E-state index contributed by atoms with van der Waals surface area (Å²) in [6.45, 7) is 3.80. The lowest BCUT2D eigenvalue weighted by atomic mass is 10.0. The fourth-order valence-electron chi connectivity index (χ4n) is 0.942. The van der Waals surface area contributed by atoms with Gasteiger partial charge in [0.15, 0.2) is 0 Å². The lowest BCUT2D eigenvalue weighted by molar-refractivity contribution is -0.107. The zero-order chi connectivity index (χ0) is 8.69. The molecule has 0 unspecified atom stereocenters. The Kier molecular flexibility index (Phi) is 5.10. The van der Waals surface area contributed by atoms with Crippen LogP contribution in [0.4, 0.5) is 0 Å². The largest absolute Gasteiger partial charge is 0.303 e. The Bertz CT molecular complexity index is 198. The highest BCUT2D eigenvalue weighted by molar-refractivity contribution is 5.50. The average molecular weight is 151 g/mol. The van der Waals surface area contributed by atoms with Crippen molar-refractivity contribution in [1.29, 1.82) is 5.26 Å². The first-order valence-electron chi connectivity index (χ1n) is 3.78. The summed E-state index contributed by atoms with van der Waals surface area (Å²) in [5.41, 5.74) is 1.86.